The summed E-state index contributed by atoms with van der Waals surface area (Å²) in [7, 11) is 0. The smallest absolute Gasteiger partial charge is 0.188 e. The number of benzene rings is 1. The third-order valence-electron chi connectivity index (χ3n) is 2.14. The minimum absolute atomic E-state index is 0.0477. The second kappa shape index (κ2) is 4.26. The van der Waals surface area contributed by atoms with Gasteiger partial charge in [-0.3, -0.25) is 4.79 Å². The van der Waals surface area contributed by atoms with Crippen LogP contribution >= 0.6 is 11.6 Å². The summed E-state index contributed by atoms with van der Waals surface area (Å²) in [6.07, 6.45) is -0.373. The van der Waals surface area contributed by atoms with Crippen LogP contribution < -0.4 is 0 Å². The Hall–Kier alpha value is -0.970. The van der Waals surface area contributed by atoms with E-state index >= 15 is 0 Å². The van der Waals surface area contributed by atoms with Crippen LogP contribution in [-0.2, 0) is 9.47 Å². The van der Waals surface area contributed by atoms with E-state index in [1.54, 1.807) is 0 Å². The first-order valence-corrected chi connectivity index (χ1v) is 4.78. The lowest BCUT2D eigenvalue weighted by molar-refractivity contribution is -0.0464. The van der Waals surface area contributed by atoms with Gasteiger partial charge in [0.2, 0.25) is 0 Å². The van der Waals surface area contributed by atoms with Crippen molar-refractivity contribution in [3.63, 3.8) is 0 Å². The van der Waals surface area contributed by atoms with Crippen LogP contribution in [0.5, 0.6) is 0 Å². The molecular formula is C10H8ClFO3. The van der Waals surface area contributed by atoms with Crippen molar-refractivity contribution in [2.75, 3.05) is 13.2 Å². The molecule has 3 nitrogen and oxygen atoms in total. The lowest BCUT2D eigenvalue weighted by Crippen LogP contribution is -2.05. The van der Waals surface area contributed by atoms with Gasteiger partial charge in [0.1, 0.15) is 5.82 Å². The Labute approximate surface area is 90.7 Å². The zero-order valence-corrected chi connectivity index (χ0v) is 8.46. The first kappa shape index (κ1) is 10.5. The van der Waals surface area contributed by atoms with E-state index < -0.39 is 12.1 Å². The maximum atomic E-state index is 13.7. The molecule has 0 unspecified atom stereocenters. The van der Waals surface area contributed by atoms with Gasteiger partial charge in [-0.15, -0.1) is 0 Å². The minimum atomic E-state index is -0.808. The second-order valence-electron chi connectivity index (χ2n) is 3.06. The summed E-state index contributed by atoms with van der Waals surface area (Å²) in [5, 5.41) is 0.199. The topological polar surface area (TPSA) is 35.5 Å². The van der Waals surface area contributed by atoms with Crippen LogP contribution in [0.25, 0.3) is 0 Å². The zero-order chi connectivity index (χ0) is 10.8. The van der Waals surface area contributed by atoms with Gasteiger partial charge in [0, 0.05) is 0 Å². The Morgan fingerprint density at radius 3 is 2.67 bits per heavy atom. The molecule has 1 aliphatic rings. The average Bonchev–Trinajstić information content (AvgIpc) is 2.71. The van der Waals surface area contributed by atoms with Gasteiger partial charge in [-0.05, 0) is 12.1 Å². The third-order valence-corrected chi connectivity index (χ3v) is 2.47. The Kier molecular flexibility index (Phi) is 3.00. The summed E-state index contributed by atoms with van der Waals surface area (Å²) in [5.74, 6) is -0.676. The number of hydrogen-bond acceptors (Lipinski definition) is 3. The van der Waals surface area contributed by atoms with Crippen molar-refractivity contribution in [1.82, 2.24) is 0 Å². The maximum absolute atomic E-state index is 13.7. The van der Waals surface area contributed by atoms with Crippen molar-refractivity contribution in [2.24, 2.45) is 0 Å². The summed E-state index contributed by atoms with van der Waals surface area (Å²) in [4.78, 5) is 10.5. The predicted octanol–water partition coefficient (Wildman–Crippen LogP) is 2.34. The first-order valence-electron chi connectivity index (χ1n) is 4.40. The molecule has 0 atom stereocenters. The fourth-order valence-electron chi connectivity index (χ4n) is 1.42. The van der Waals surface area contributed by atoms with Gasteiger partial charge in [0.15, 0.2) is 12.6 Å². The van der Waals surface area contributed by atoms with E-state index in [0.29, 0.717) is 19.5 Å². The number of rotatable bonds is 2. The highest BCUT2D eigenvalue weighted by atomic mass is 35.5. The molecule has 0 N–H and O–H groups in total. The van der Waals surface area contributed by atoms with E-state index in [-0.39, 0.29) is 16.1 Å². The molecule has 1 aromatic rings. The van der Waals surface area contributed by atoms with Gasteiger partial charge in [-0.1, -0.05) is 11.6 Å². The zero-order valence-electron chi connectivity index (χ0n) is 7.70. The molecule has 1 saturated heterocycles. The van der Waals surface area contributed by atoms with Gasteiger partial charge in [0.05, 0.1) is 29.4 Å². The summed E-state index contributed by atoms with van der Waals surface area (Å²) in [5.41, 5.74) is 0.0484. The average molecular weight is 231 g/mol. The van der Waals surface area contributed by atoms with Crippen molar-refractivity contribution >= 4 is 17.9 Å². The molecule has 1 aliphatic heterocycles. The number of carbonyl (C=O) groups excluding carboxylic acids is 1. The highest BCUT2D eigenvalue weighted by Gasteiger charge is 2.26. The van der Waals surface area contributed by atoms with E-state index in [4.69, 9.17) is 21.1 Å². The van der Waals surface area contributed by atoms with E-state index in [2.05, 4.69) is 0 Å². The number of aldehydes is 1. The van der Waals surface area contributed by atoms with Gasteiger partial charge >= 0.3 is 0 Å². The minimum Gasteiger partial charge on any atom is -0.346 e. The number of halogens is 2. The molecule has 0 aliphatic carbocycles. The van der Waals surface area contributed by atoms with Gasteiger partial charge < -0.3 is 9.47 Å². The van der Waals surface area contributed by atoms with E-state index in [1.165, 1.54) is 12.1 Å². The van der Waals surface area contributed by atoms with E-state index in [1.807, 2.05) is 0 Å². The number of ether oxygens (including phenoxy) is 2. The molecule has 0 radical (unpaired) electrons. The van der Waals surface area contributed by atoms with Crippen molar-refractivity contribution in [3.05, 3.63) is 34.1 Å². The molecule has 1 aromatic carbocycles. The van der Waals surface area contributed by atoms with E-state index in [0.717, 1.165) is 0 Å². The monoisotopic (exact) mass is 230 g/mol. The fraction of sp³-hybridized carbons (Fsp3) is 0.300. The standard InChI is InChI=1S/C10H8ClFO3/c11-7-2-1-6(5-13)9(12)8(7)10-14-3-4-15-10/h1-2,5,10H,3-4H2. The molecule has 0 amide bonds. The normalized spacial score (nSPS) is 16.9. The van der Waals surface area contributed by atoms with Gasteiger partial charge in [-0.2, -0.15) is 0 Å². The van der Waals surface area contributed by atoms with Crippen LogP contribution in [0.1, 0.15) is 22.2 Å². The van der Waals surface area contributed by atoms with Crippen molar-refractivity contribution in [2.45, 2.75) is 6.29 Å². The quantitative estimate of drug-likeness (QED) is 0.732. The van der Waals surface area contributed by atoms with Crippen LogP contribution in [0.2, 0.25) is 5.02 Å². The second-order valence-corrected chi connectivity index (χ2v) is 3.46. The predicted molar refractivity (Wildman–Crippen MR) is 51.4 cm³/mol. The van der Waals surface area contributed by atoms with Crippen LogP contribution in [0, 0.1) is 5.82 Å². The summed E-state index contributed by atoms with van der Waals surface area (Å²) in [6.45, 7) is 0.789. The summed E-state index contributed by atoms with van der Waals surface area (Å²) >= 11 is 5.82. The first-order chi connectivity index (χ1) is 7.24. The van der Waals surface area contributed by atoms with Crippen molar-refractivity contribution in [1.29, 1.82) is 0 Å². The maximum Gasteiger partial charge on any atom is 0.188 e. The highest BCUT2D eigenvalue weighted by molar-refractivity contribution is 6.31. The van der Waals surface area contributed by atoms with Crippen LogP contribution in [0.4, 0.5) is 4.39 Å². The summed E-state index contributed by atoms with van der Waals surface area (Å²) < 4.78 is 24.0. The lowest BCUT2D eigenvalue weighted by Gasteiger charge is -2.13. The number of carbonyl (C=O) groups is 1. The van der Waals surface area contributed by atoms with Gasteiger partial charge in [0.25, 0.3) is 0 Å². The summed E-state index contributed by atoms with van der Waals surface area (Å²) in [6, 6.07) is 2.78. The molecule has 1 heterocycles. The Morgan fingerprint density at radius 1 is 1.40 bits per heavy atom. The molecule has 1 fully saturated rings. The molecule has 0 spiro atoms. The van der Waals surface area contributed by atoms with Crippen LogP contribution in [0.15, 0.2) is 12.1 Å². The van der Waals surface area contributed by atoms with Crippen LogP contribution in [-0.4, -0.2) is 19.5 Å². The Morgan fingerprint density at radius 2 is 2.07 bits per heavy atom. The van der Waals surface area contributed by atoms with Crippen molar-refractivity contribution < 1.29 is 18.7 Å². The third kappa shape index (κ3) is 1.88. The molecular weight excluding hydrogens is 223 g/mol. The molecule has 80 valence electrons. The van der Waals surface area contributed by atoms with Crippen LogP contribution in [0.3, 0.4) is 0 Å². The molecule has 0 bridgehead atoms. The molecule has 15 heavy (non-hydrogen) atoms. The molecule has 0 aromatic heterocycles. The Balaban J connectivity index is 2.47. The Bertz CT molecular complexity index is 388. The highest BCUT2D eigenvalue weighted by Crippen LogP contribution is 2.32. The largest absolute Gasteiger partial charge is 0.346 e. The van der Waals surface area contributed by atoms with E-state index in [9.17, 15) is 9.18 Å². The molecule has 2 rings (SSSR count). The molecule has 5 heteroatoms. The fourth-order valence-corrected chi connectivity index (χ4v) is 1.65. The lowest BCUT2D eigenvalue weighted by atomic mass is 10.1. The van der Waals surface area contributed by atoms with Gasteiger partial charge in [-0.25, -0.2) is 4.39 Å². The van der Waals surface area contributed by atoms with Crippen molar-refractivity contribution in [3.8, 4) is 0 Å². The number of hydrogen-bond donors (Lipinski definition) is 0. The molecule has 0 saturated carbocycles. The SMILES string of the molecule is O=Cc1ccc(Cl)c(C2OCCO2)c1F.